The van der Waals surface area contributed by atoms with Gasteiger partial charge in [-0.1, -0.05) is 30.7 Å². The zero-order valence-electron chi connectivity index (χ0n) is 12.3. The average molecular weight is 257 g/mol. The third-order valence-electron chi connectivity index (χ3n) is 3.60. The van der Waals surface area contributed by atoms with Gasteiger partial charge in [-0.05, 0) is 44.0 Å². The van der Waals surface area contributed by atoms with E-state index in [1.165, 1.54) is 22.4 Å². The van der Waals surface area contributed by atoms with E-state index in [1.54, 1.807) is 0 Å². The number of nitrogens with zero attached hydrogens (tertiary/aromatic N) is 2. The normalized spacial score (nSPS) is 12.6. The van der Waals surface area contributed by atoms with Crippen LogP contribution >= 0.6 is 0 Å². The van der Waals surface area contributed by atoms with Gasteiger partial charge >= 0.3 is 0 Å². The molecular weight excluding hydrogens is 234 g/mol. The molecule has 0 spiro atoms. The van der Waals surface area contributed by atoms with Crippen molar-refractivity contribution >= 4 is 0 Å². The fourth-order valence-corrected chi connectivity index (χ4v) is 2.49. The molecule has 0 aliphatic heterocycles. The summed E-state index contributed by atoms with van der Waals surface area (Å²) in [6.45, 7) is 7.43. The lowest BCUT2D eigenvalue weighted by atomic mass is 9.97. The molecule has 19 heavy (non-hydrogen) atoms. The predicted molar refractivity (Wildman–Crippen MR) is 79.2 cm³/mol. The van der Waals surface area contributed by atoms with Crippen molar-refractivity contribution in [3.8, 4) is 0 Å². The SMILES string of the molecule is CCNC(Cc1cc(C)ccc1C)c1ccnn1C. The molecule has 1 unspecified atom stereocenters. The number of aryl methyl sites for hydroxylation is 3. The highest BCUT2D eigenvalue weighted by molar-refractivity contribution is 5.32. The minimum Gasteiger partial charge on any atom is -0.309 e. The summed E-state index contributed by atoms with van der Waals surface area (Å²) in [5.74, 6) is 0. The minimum atomic E-state index is 0.318. The van der Waals surface area contributed by atoms with Crippen LogP contribution in [0.4, 0.5) is 0 Å². The second kappa shape index (κ2) is 6.02. The molecule has 102 valence electrons. The molecule has 0 aliphatic rings. The quantitative estimate of drug-likeness (QED) is 0.892. The Kier molecular flexibility index (Phi) is 4.38. The molecule has 0 fully saturated rings. The van der Waals surface area contributed by atoms with Gasteiger partial charge in [0.25, 0.3) is 0 Å². The minimum absolute atomic E-state index is 0.318. The molecule has 0 saturated carbocycles. The first-order chi connectivity index (χ1) is 9.11. The number of benzene rings is 1. The molecule has 0 aliphatic carbocycles. The summed E-state index contributed by atoms with van der Waals surface area (Å²) in [5, 5.41) is 7.84. The number of likely N-dealkylation sites (N-methyl/N-ethyl adjacent to an activating group) is 1. The largest absolute Gasteiger partial charge is 0.309 e. The second-order valence-corrected chi connectivity index (χ2v) is 5.12. The molecule has 2 aromatic rings. The van der Waals surface area contributed by atoms with Gasteiger partial charge in [-0.15, -0.1) is 0 Å². The van der Waals surface area contributed by atoms with Gasteiger partial charge in [0.05, 0.1) is 11.7 Å². The fraction of sp³-hybridized carbons (Fsp3) is 0.438. The molecule has 0 radical (unpaired) electrons. The van der Waals surface area contributed by atoms with Crippen molar-refractivity contribution in [2.75, 3.05) is 6.54 Å². The van der Waals surface area contributed by atoms with Crippen LogP contribution in [0.25, 0.3) is 0 Å². The topological polar surface area (TPSA) is 29.9 Å². The molecule has 1 aromatic heterocycles. The zero-order valence-corrected chi connectivity index (χ0v) is 12.3. The number of nitrogens with one attached hydrogen (secondary N) is 1. The average Bonchev–Trinajstić information content (AvgIpc) is 2.79. The van der Waals surface area contributed by atoms with Crippen molar-refractivity contribution in [1.82, 2.24) is 15.1 Å². The summed E-state index contributed by atoms with van der Waals surface area (Å²) < 4.78 is 1.96. The highest BCUT2D eigenvalue weighted by Crippen LogP contribution is 2.21. The number of aromatic nitrogens is 2. The summed E-state index contributed by atoms with van der Waals surface area (Å²) >= 11 is 0. The zero-order chi connectivity index (χ0) is 13.8. The Bertz CT molecular complexity index is 543. The highest BCUT2D eigenvalue weighted by Gasteiger charge is 2.15. The summed E-state index contributed by atoms with van der Waals surface area (Å²) in [6, 6.07) is 9.08. The second-order valence-electron chi connectivity index (χ2n) is 5.12. The lowest BCUT2D eigenvalue weighted by Crippen LogP contribution is -2.25. The number of hydrogen-bond donors (Lipinski definition) is 1. The van der Waals surface area contributed by atoms with Gasteiger partial charge < -0.3 is 5.32 Å². The van der Waals surface area contributed by atoms with Crippen LogP contribution in [-0.4, -0.2) is 16.3 Å². The van der Waals surface area contributed by atoms with Crippen LogP contribution in [0, 0.1) is 13.8 Å². The first-order valence-electron chi connectivity index (χ1n) is 6.89. The molecule has 0 saturated heterocycles. The highest BCUT2D eigenvalue weighted by atomic mass is 15.3. The van der Waals surface area contributed by atoms with E-state index in [-0.39, 0.29) is 0 Å². The van der Waals surface area contributed by atoms with Crippen LogP contribution in [0.5, 0.6) is 0 Å². The third-order valence-corrected chi connectivity index (χ3v) is 3.60. The summed E-state index contributed by atoms with van der Waals surface area (Å²) in [7, 11) is 2.00. The van der Waals surface area contributed by atoms with E-state index in [0.717, 1.165) is 13.0 Å². The van der Waals surface area contributed by atoms with Crippen LogP contribution in [0.1, 0.15) is 35.3 Å². The fourth-order valence-electron chi connectivity index (χ4n) is 2.49. The van der Waals surface area contributed by atoms with Crippen LogP contribution < -0.4 is 5.32 Å². The Morgan fingerprint density at radius 3 is 2.68 bits per heavy atom. The Hall–Kier alpha value is -1.61. The lowest BCUT2D eigenvalue weighted by molar-refractivity contribution is 0.507. The maximum atomic E-state index is 4.28. The maximum absolute atomic E-state index is 4.28. The monoisotopic (exact) mass is 257 g/mol. The van der Waals surface area contributed by atoms with Crippen molar-refractivity contribution in [2.24, 2.45) is 7.05 Å². The van der Waals surface area contributed by atoms with Gasteiger partial charge in [0.1, 0.15) is 0 Å². The van der Waals surface area contributed by atoms with Crippen LogP contribution in [0.3, 0.4) is 0 Å². The Balaban J connectivity index is 2.26. The molecule has 2 rings (SSSR count). The smallest absolute Gasteiger partial charge is 0.0553 e. The first-order valence-corrected chi connectivity index (χ1v) is 6.89. The van der Waals surface area contributed by atoms with E-state index < -0.39 is 0 Å². The maximum Gasteiger partial charge on any atom is 0.0553 e. The van der Waals surface area contributed by atoms with Crippen LogP contribution in [0.15, 0.2) is 30.5 Å². The van der Waals surface area contributed by atoms with Gasteiger partial charge in [-0.2, -0.15) is 5.10 Å². The van der Waals surface area contributed by atoms with E-state index in [2.05, 4.69) is 55.5 Å². The van der Waals surface area contributed by atoms with Crippen LogP contribution in [0.2, 0.25) is 0 Å². The van der Waals surface area contributed by atoms with Crippen molar-refractivity contribution in [3.05, 3.63) is 52.8 Å². The summed E-state index contributed by atoms with van der Waals surface area (Å²) in [5.41, 5.74) is 5.33. The van der Waals surface area contributed by atoms with Crippen molar-refractivity contribution in [3.63, 3.8) is 0 Å². The molecule has 0 amide bonds. The molecule has 1 N–H and O–H groups in total. The molecule has 3 heteroatoms. The first kappa shape index (κ1) is 13.8. The summed E-state index contributed by atoms with van der Waals surface area (Å²) in [4.78, 5) is 0. The van der Waals surface area contributed by atoms with Crippen molar-refractivity contribution < 1.29 is 0 Å². The number of hydrogen-bond acceptors (Lipinski definition) is 2. The molecule has 1 aromatic carbocycles. The molecule has 1 heterocycles. The van der Waals surface area contributed by atoms with E-state index >= 15 is 0 Å². The standard InChI is InChI=1S/C16H23N3/c1-5-17-15(16-8-9-18-19(16)4)11-14-10-12(2)6-7-13(14)3/h6-10,15,17H,5,11H2,1-4H3. The predicted octanol–water partition coefficient (Wildman–Crippen LogP) is 2.93. The molecular formula is C16H23N3. The van der Waals surface area contributed by atoms with Gasteiger partial charge in [-0.3, -0.25) is 4.68 Å². The molecule has 0 bridgehead atoms. The van der Waals surface area contributed by atoms with Crippen molar-refractivity contribution in [2.45, 2.75) is 33.2 Å². The van der Waals surface area contributed by atoms with E-state index in [4.69, 9.17) is 0 Å². The van der Waals surface area contributed by atoms with E-state index in [0.29, 0.717) is 6.04 Å². The van der Waals surface area contributed by atoms with Gasteiger partial charge in [0, 0.05) is 13.2 Å². The van der Waals surface area contributed by atoms with E-state index in [9.17, 15) is 0 Å². The number of rotatable bonds is 5. The van der Waals surface area contributed by atoms with Crippen LogP contribution in [-0.2, 0) is 13.5 Å². The summed E-state index contributed by atoms with van der Waals surface area (Å²) in [6.07, 6.45) is 2.86. The lowest BCUT2D eigenvalue weighted by Gasteiger charge is -2.19. The molecule has 1 atom stereocenters. The Morgan fingerprint density at radius 2 is 2.05 bits per heavy atom. The molecule has 3 nitrogen and oxygen atoms in total. The van der Waals surface area contributed by atoms with Gasteiger partial charge in [0.15, 0.2) is 0 Å². The van der Waals surface area contributed by atoms with Gasteiger partial charge in [-0.25, -0.2) is 0 Å². The third kappa shape index (κ3) is 3.24. The van der Waals surface area contributed by atoms with E-state index in [1.807, 2.05) is 17.9 Å². The Morgan fingerprint density at radius 1 is 1.26 bits per heavy atom. The Labute approximate surface area is 115 Å². The van der Waals surface area contributed by atoms with Gasteiger partial charge in [0.2, 0.25) is 0 Å². The van der Waals surface area contributed by atoms with Crippen molar-refractivity contribution in [1.29, 1.82) is 0 Å².